The van der Waals surface area contributed by atoms with E-state index >= 15 is 0 Å². The quantitative estimate of drug-likeness (QED) is 0.851. The van der Waals surface area contributed by atoms with Crippen molar-refractivity contribution < 1.29 is 9.53 Å². The summed E-state index contributed by atoms with van der Waals surface area (Å²) in [6.07, 6.45) is 5.57. The van der Waals surface area contributed by atoms with E-state index in [4.69, 9.17) is 10.5 Å². The number of aromatic nitrogens is 2. The van der Waals surface area contributed by atoms with Gasteiger partial charge >= 0.3 is 0 Å². The van der Waals surface area contributed by atoms with Crippen LogP contribution in [0.4, 0.5) is 0 Å². The van der Waals surface area contributed by atoms with Crippen LogP contribution in [0.2, 0.25) is 0 Å². The van der Waals surface area contributed by atoms with E-state index < -0.39 is 6.04 Å². The Hall–Kier alpha value is -1.40. The van der Waals surface area contributed by atoms with Crippen molar-refractivity contribution in [1.29, 1.82) is 0 Å². The lowest BCUT2D eigenvalue weighted by molar-refractivity contribution is -0.135. The molecule has 1 aliphatic heterocycles. The van der Waals surface area contributed by atoms with Crippen LogP contribution in [-0.4, -0.2) is 47.4 Å². The Kier molecular flexibility index (Phi) is 4.55. The average molecular weight is 266 g/mol. The van der Waals surface area contributed by atoms with Crippen LogP contribution in [0, 0.1) is 5.92 Å². The predicted octanol–water partition coefficient (Wildman–Crippen LogP) is 0.305. The molecular formula is C13H22N4O2. The molecule has 106 valence electrons. The average Bonchev–Trinajstić information content (AvgIpc) is 2.84. The summed E-state index contributed by atoms with van der Waals surface area (Å²) in [5.74, 6) is 0.401. The molecule has 6 heteroatoms. The lowest BCUT2D eigenvalue weighted by Gasteiger charge is -2.33. The van der Waals surface area contributed by atoms with Crippen molar-refractivity contribution in [2.24, 2.45) is 18.7 Å². The molecule has 0 spiro atoms. The molecule has 0 radical (unpaired) electrons. The Bertz CT molecular complexity index is 430. The molecule has 2 heterocycles. The van der Waals surface area contributed by atoms with Crippen LogP contribution >= 0.6 is 0 Å². The number of carbonyl (C=O) groups is 1. The zero-order valence-corrected chi connectivity index (χ0v) is 11.6. The topological polar surface area (TPSA) is 73.4 Å². The van der Waals surface area contributed by atoms with Gasteiger partial charge in [0.1, 0.15) is 6.04 Å². The van der Waals surface area contributed by atoms with Gasteiger partial charge in [0.2, 0.25) is 5.91 Å². The number of nitrogens with zero attached hydrogens (tertiary/aromatic N) is 3. The van der Waals surface area contributed by atoms with E-state index in [-0.39, 0.29) is 5.91 Å². The molecule has 0 aromatic carbocycles. The summed E-state index contributed by atoms with van der Waals surface area (Å²) in [6.45, 7) is 2.22. The Balaban J connectivity index is 1.98. The maximum atomic E-state index is 12.4. The third kappa shape index (κ3) is 3.33. The summed E-state index contributed by atoms with van der Waals surface area (Å²) in [4.78, 5) is 14.2. The van der Waals surface area contributed by atoms with Gasteiger partial charge in [-0.1, -0.05) is 0 Å². The summed E-state index contributed by atoms with van der Waals surface area (Å²) in [5, 5.41) is 4.06. The molecule has 2 atom stereocenters. The normalized spacial score (nSPS) is 21.4. The van der Waals surface area contributed by atoms with Crippen LogP contribution in [0.1, 0.15) is 24.4 Å². The Morgan fingerprint density at radius 3 is 3.11 bits per heavy atom. The molecule has 19 heavy (non-hydrogen) atoms. The van der Waals surface area contributed by atoms with E-state index in [0.717, 1.165) is 31.5 Å². The lowest BCUT2D eigenvalue weighted by Crippen LogP contribution is -2.45. The molecule has 6 nitrogen and oxygen atoms in total. The zero-order chi connectivity index (χ0) is 13.8. The number of hydrogen-bond acceptors (Lipinski definition) is 4. The van der Waals surface area contributed by atoms with Gasteiger partial charge in [0.25, 0.3) is 0 Å². The fourth-order valence-electron chi connectivity index (χ4n) is 2.58. The largest absolute Gasteiger partial charge is 0.384 e. The van der Waals surface area contributed by atoms with E-state index in [1.165, 1.54) is 0 Å². The van der Waals surface area contributed by atoms with E-state index in [1.54, 1.807) is 24.2 Å². The molecular weight excluding hydrogens is 244 g/mol. The first-order valence-electron chi connectivity index (χ1n) is 6.63. The summed E-state index contributed by atoms with van der Waals surface area (Å²) < 4.78 is 6.83. The second-order valence-electron chi connectivity index (χ2n) is 5.17. The van der Waals surface area contributed by atoms with E-state index in [2.05, 4.69) is 5.10 Å². The van der Waals surface area contributed by atoms with Gasteiger partial charge in [-0.25, -0.2) is 0 Å². The monoisotopic (exact) mass is 266 g/mol. The van der Waals surface area contributed by atoms with Gasteiger partial charge < -0.3 is 15.4 Å². The number of hydrogen-bond donors (Lipinski definition) is 1. The predicted molar refractivity (Wildman–Crippen MR) is 71.3 cm³/mol. The minimum absolute atomic E-state index is 0.0196. The number of amides is 1. The first-order chi connectivity index (χ1) is 9.11. The summed E-state index contributed by atoms with van der Waals surface area (Å²) in [6, 6.07) is -0.616. The zero-order valence-electron chi connectivity index (χ0n) is 11.6. The Morgan fingerprint density at radius 2 is 2.47 bits per heavy atom. The molecule has 2 rings (SSSR count). The van der Waals surface area contributed by atoms with Crippen LogP contribution in [0.15, 0.2) is 12.4 Å². The third-order valence-electron chi connectivity index (χ3n) is 3.58. The van der Waals surface area contributed by atoms with Gasteiger partial charge in [-0.3, -0.25) is 9.48 Å². The van der Waals surface area contributed by atoms with Gasteiger partial charge in [-0.15, -0.1) is 0 Å². The Morgan fingerprint density at radius 1 is 1.68 bits per heavy atom. The molecule has 2 N–H and O–H groups in total. The number of nitrogens with two attached hydrogens (primary N) is 1. The number of rotatable bonds is 4. The van der Waals surface area contributed by atoms with Crippen molar-refractivity contribution >= 4 is 5.91 Å². The highest BCUT2D eigenvalue weighted by Crippen LogP contribution is 2.20. The first-order valence-corrected chi connectivity index (χ1v) is 6.63. The van der Waals surface area contributed by atoms with Crippen molar-refractivity contribution in [3.05, 3.63) is 18.0 Å². The van der Waals surface area contributed by atoms with E-state index in [1.807, 2.05) is 11.9 Å². The molecule has 1 aliphatic rings. The maximum absolute atomic E-state index is 12.4. The molecule has 2 unspecified atom stereocenters. The number of methoxy groups -OCH3 is 1. The first kappa shape index (κ1) is 14.0. The summed E-state index contributed by atoms with van der Waals surface area (Å²) >= 11 is 0. The number of piperidine rings is 1. The van der Waals surface area contributed by atoms with Gasteiger partial charge in [-0.2, -0.15) is 5.10 Å². The molecule has 1 aromatic rings. The SMILES string of the molecule is COCC1CCCN(C(=O)C(N)c2cnn(C)c2)C1. The van der Waals surface area contributed by atoms with Crippen molar-refractivity contribution in [2.75, 3.05) is 26.8 Å². The second kappa shape index (κ2) is 6.16. The minimum atomic E-state index is -0.616. The van der Waals surface area contributed by atoms with Crippen LogP contribution in [-0.2, 0) is 16.6 Å². The van der Waals surface area contributed by atoms with Gasteiger partial charge in [0, 0.05) is 39.0 Å². The number of likely N-dealkylation sites (tertiary alicyclic amines) is 1. The molecule has 1 amide bonds. The number of ether oxygens (including phenoxy) is 1. The fourth-order valence-corrected chi connectivity index (χ4v) is 2.58. The molecule has 0 saturated carbocycles. The standard InChI is InChI=1S/C13H22N4O2/c1-16-8-11(6-15-16)12(14)13(18)17-5-3-4-10(7-17)9-19-2/h6,8,10,12H,3-5,7,9,14H2,1-2H3. The highest BCUT2D eigenvalue weighted by atomic mass is 16.5. The molecule has 1 fully saturated rings. The second-order valence-corrected chi connectivity index (χ2v) is 5.17. The number of carbonyl (C=O) groups excluding carboxylic acids is 1. The van der Waals surface area contributed by atoms with Gasteiger partial charge in [-0.05, 0) is 18.8 Å². The minimum Gasteiger partial charge on any atom is -0.384 e. The maximum Gasteiger partial charge on any atom is 0.244 e. The van der Waals surface area contributed by atoms with E-state index in [0.29, 0.717) is 12.5 Å². The van der Waals surface area contributed by atoms with Crippen LogP contribution in [0.5, 0.6) is 0 Å². The highest BCUT2D eigenvalue weighted by Gasteiger charge is 2.28. The summed E-state index contributed by atoms with van der Waals surface area (Å²) in [5.41, 5.74) is 6.79. The van der Waals surface area contributed by atoms with Gasteiger partial charge in [0.05, 0.1) is 12.8 Å². The third-order valence-corrected chi connectivity index (χ3v) is 3.58. The molecule has 1 saturated heterocycles. The van der Waals surface area contributed by atoms with Crippen LogP contribution < -0.4 is 5.73 Å². The summed E-state index contributed by atoms with van der Waals surface area (Å²) in [7, 11) is 3.51. The van der Waals surface area contributed by atoms with Crippen LogP contribution in [0.25, 0.3) is 0 Å². The molecule has 1 aromatic heterocycles. The number of aryl methyl sites for hydroxylation is 1. The Labute approximate surface area is 113 Å². The fraction of sp³-hybridized carbons (Fsp3) is 0.692. The smallest absolute Gasteiger partial charge is 0.244 e. The lowest BCUT2D eigenvalue weighted by atomic mass is 9.98. The van der Waals surface area contributed by atoms with Crippen LogP contribution in [0.3, 0.4) is 0 Å². The van der Waals surface area contributed by atoms with Crippen molar-refractivity contribution in [1.82, 2.24) is 14.7 Å². The van der Waals surface area contributed by atoms with Gasteiger partial charge in [0.15, 0.2) is 0 Å². The molecule has 0 bridgehead atoms. The van der Waals surface area contributed by atoms with E-state index in [9.17, 15) is 4.79 Å². The van der Waals surface area contributed by atoms with Crippen molar-refractivity contribution in [3.8, 4) is 0 Å². The molecule has 0 aliphatic carbocycles. The van der Waals surface area contributed by atoms with Crippen molar-refractivity contribution in [3.63, 3.8) is 0 Å². The highest BCUT2D eigenvalue weighted by molar-refractivity contribution is 5.83. The van der Waals surface area contributed by atoms with Crippen molar-refractivity contribution in [2.45, 2.75) is 18.9 Å².